The minimum Gasteiger partial charge on any atom is -0.478 e. The van der Waals surface area contributed by atoms with Crippen molar-refractivity contribution in [3.63, 3.8) is 0 Å². The molecule has 3 aromatic rings. The number of carbonyl (C=O) groups is 1. The van der Waals surface area contributed by atoms with Crippen molar-refractivity contribution >= 4 is 17.7 Å². The molecule has 0 fully saturated rings. The second kappa shape index (κ2) is 5.84. The molecular formula is C14H10N2O4S. The highest BCUT2D eigenvalue weighted by atomic mass is 32.2. The average molecular weight is 302 g/mol. The fraction of sp³-hybridized carbons (Fsp3) is 0.0714. The number of pyridine rings is 1. The summed E-state index contributed by atoms with van der Waals surface area (Å²) in [5.41, 5.74) is 0.866. The molecule has 3 aromatic heterocycles. The molecule has 3 rings (SSSR count). The van der Waals surface area contributed by atoms with E-state index in [-0.39, 0.29) is 5.56 Å². The molecule has 0 aliphatic carbocycles. The molecule has 3 heterocycles. The van der Waals surface area contributed by atoms with Crippen LogP contribution in [-0.2, 0) is 5.75 Å². The van der Waals surface area contributed by atoms with Crippen LogP contribution in [-0.4, -0.2) is 21.2 Å². The van der Waals surface area contributed by atoms with E-state index in [0.717, 1.165) is 0 Å². The monoisotopic (exact) mass is 302 g/mol. The third-order valence-electron chi connectivity index (χ3n) is 2.68. The number of hydrogen-bond acceptors (Lipinski definition) is 6. The van der Waals surface area contributed by atoms with Gasteiger partial charge in [0, 0.05) is 18.0 Å². The van der Waals surface area contributed by atoms with Crippen LogP contribution in [0, 0.1) is 0 Å². The van der Waals surface area contributed by atoms with Crippen LogP contribution in [0.15, 0.2) is 56.8 Å². The number of rotatable bonds is 5. The van der Waals surface area contributed by atoms with Gasteiger partial charge >= 0.3 is 5.97 Å². The van der Waals surface area contributed by atoms with Gasteiger partial charge < -0.3 is 14.0 Å². The first-order chi connectivity index (χ1) is 10.2. The Kier molecular flexibility index (Phi) is 3.74. The zero-order chi connectivity index (χ0) is 14.7. The van der Waals surface area contributed by atoms with Gasteiger partial charge in [-0.05, 0) is 24.3 Å². The summed E-state index contributed by atoms with van der Waals surface area (Å²) >= 11 is 1.29. The van der Waals surface area contributed by atoms with Gasteiger partial charge in [0.05, 0.1) is 17.5 Å². The highest BCUT2D eigenvalue weighted by molar-refractivity contribution is 7.98. The molecule has 0 unspecified atom stereocenters. The van der Waals surface area contributed by atoms with Crippen molar-refractivity contribution in [2.75, 3.05) is 0 Å². The highest BCUT2D eigenvalue weighted by Crippen LogP contribution is 2.26. The summed E-state index contributed by atoms with van der Waals surface area (Å²) in [5.74, 6) is 0.599. The van der Waals surface area contributed by atoms with Crippen LogP contribution >= 0.6 is 11.8 Å². The molecule has 0 aliphatic heterocycles. The van der Waals surface area contributed by atoms with Crippen molar-refractivity contribution in [3.8, 4) is 11.5 Å². The van der Waals surface area contributed by atoms with Crippen LogP contribution in [0.1, 0.15) is 16.1 Å². The molecule has 6 nitrogen and oxygen atoms in total. The molecule has 0 saturated heterocycles. The smallest absolute Gasteiger partial charge is 0.338 e. The van der Waals surface area contributed by atoms with Crippen LogP contribution in [0.5, 0.6) is 0 Å². The van der Waals surface area contributed by atoms with E-state index in [1.54, 1.807) is 36.7 Å². The van der Waals surface area contributed by atoms with Crippen LogP contribution in [0.25, 0.3) is 11.5 Å². The Morgan fingerprint density at radius 2 is 2.19 bits per heavy atom. The van der Waals surface area contributed by atoms with Gasteiger partial charge in [0.2, 0.25) is 5.76 Å². The number of hydrogen-bond donors (Lipinski definition) is 1. The quantitative estimate of drug-likeness (QED) is 0.723. The number of aromatic carboxylic acids is 1. The van der Waals surface area contributed by atoms with Crippen LogP contribution in [0.4, 0.5) is 0 Å². The molecule has 0 spiro atoms. The van der Waals surface area contributed by atoms with Crippen LogP contribution < -0.4 is 0 Å². The van der Waals surface area contributed by atoms with E-state index in [0.29, 0.717) is 28.0 Å². The molecule has 0 saturated carbocycles. The molecule has 0 bridgehead atoms. The van der Waals surface area contributed by atoms with Gasteiger partial charge in [-0.25, -0.2) is 9.78 Å². The predicted octanol–water partition coefficient (Wildman–Crippen LogP) is 3.32. The molecule has 7 heteroatoms. The zero-order valence-corrected chi connectivity index (χ0v) is 11.5. The summed E-state index contributed by atoms with van der Waals surface area (Å²) in [6.07, 6.45) is 3.12. The lowest BCUT2D eigenvalue weighted by Crippen LogP contribution is -2.00. The lowest BCUT2D eigenvalue weighted by molar-refractivity contribution is 0.0692. The topological polar surface area (TPSA) is 89.4 Å². The average Bonchev–Trinajstić information content (AvgIpc) is 3.16. The number of carboxylic acids is 1. The Bertz CT molecular complexity index is 752. The maximum atomic E-state index is 11.1. The van der Waals surface area contributed by atoms with Gasteiger partial charge in [0.1, 0.15) is 5.03 Å². The molecule has 1 N–H and O–H groups in total. The lowest BCUT2D eigenvalue weighted by atomic mass is 10.3. The maximum absolute atomic E-state index is 11.1. The van der Waals surface area contributed by atoms with Gasteiger partial charge in [-0.3, -0.25) is 0 Å². The van der Waals surface area contributed by atoms with E-state index in [4.69, 9.17) is 14.0 Å². The summed E-state index contributed by atoms with van der Waals surface area (Å²) in [5, 5.41) is 13.5. The Labute approximate surface area is 123 Å². The number of furan rings is 1. The Balaban J connectivity index is 1.73. The number of nitrogens with zero attached hydrogens (tertiary/aromatic N) is 2. The standard InChI is InChI=1S/C14H10N2O4S/c17-14(18)10-3-1-5-15-13(10)21-8-9-7-12(20-16-9)11-4-2-6-19-11/h1-7H,8H2,(H,17,18). The fourth-order valence-electron chi connectivity index (χ4n) is 1.73. The van der Waals surface area contributed by atoms with Crippen molar-refractivity contribution in [2.45, 2.75) is 10.8 Å². The van der Waals surface area contributed by atoms with Crippen molar-refractivity contribution in [3.05, 3.63) is 54.0 Å². The highest BCUT2D eigenvalue weighted by Gasteiger charge is 2.13. The second-order valence-electron chi connectivity index (χ2n) is 4.11. The summed E-state index contributed by atoms with van der Waals surface area (Å²) in [6.45, 7) is 0. The van der Waals surface area contributed by atoms with E-state index in [1.165, 1.54) is 17.8 Å². The van der Waals surface area contributed by atoms with Crippen molar-refractivity contribution in [1.29, 1.82) is 0 Å². The molecule has 0 aromatic carbocycles. The van der Waals surface area contributed by atoms with Gasteiger partial charge in [0.25, 0.3) is 0 Å². The summed E-state index contributed by atoms with van der Waals surface area (Å²) in [4.78, 5) is 15.2. The molecular weight excluding hydrogens is 292 g/mol. The van der Waals surface area contributed by atoms with E-state index < -0.39 is 5.97 Å². The largest absolute Gasteiger partial charge is 0.478 e. The lowest BCUT2D eigenvalue weighted by Gasteiger charge is -2.02. The van der Waals surface area contributed by atoms with Crippen LogP contribution in [0.3, 0.4) is 0 Å². The Morgan fingerprint density at radius 3 is 2.95 bits per heavy atom. The molecule has 0 aliphatic rings. The zero-order valence-electron chi connectivity index (χ0n) is 10.7. The van der Waals surface area contributed by atoms with Crippen LogP contribution in [0.2, 0.25) is 0 Å². The second-order valence-corrected chi connectivity index (χ2v) is 5.07. The molecule has 106 valence electrons. The maximum Gasteiger partial charge on any atom is 0.338 e. The number of thioether (sulfide) groups is 1. The Hall–Kier alpha value is -2.54. The minimum atomic E-state index is -0.998. The minimum absolute atomic E-state index is 0.178. The van der Waals surface area contributed by atoms with E-state index >= 15 is 0 Å². The van der Waals surface area contributed by atoms with Crippen molar-refractivity contribution < 1.29 is 18.8 Å². The first-order valence-electron chi connectivity index (χ1n) is 6.04. The number of aromatic nitrogens is 2. The van der Waals surface area contributed by atoms with Crippen molar-refractivity contribution in [1.82, 2.24) is 10.1 Å². The van der Waals surface area contributed by atoms with E-state index in [9.17, 15) is 4.79 Å². The number of carboxylic acid groups (broad SMARTS) is 1. The summed E-state index contributed by atoms with van der Waals surface area (Å²) < 4.78 is 10.4. The summed E-state index contributed by atoms with van der Waals surface area (Å²) in [7, 11) is 0. The Morgan fingerprint density at radius 1 is 1.29 bits per heavy atom. The first-order valence-corrected chi connectivity index (χ1v) is 7.03. The normalized spacial score (nSPS) is 10.7. The van der Waals surface area contributed by atoms with E-state index in [1.807, 2.05) is 0 Å². The third-order valence-corrected chi connectivity index (χ3v) is 3.72. The van der Waals surface area contributed by atoms with Gasteiger partial charge in [-0.15, -0.1) is 0 Å². The molecule has 0 amide bonds. The summed E-state index contributed by atoms with van der Waals surface area (Å²) in [6, 6.07) is 8.42. The molecule has 0 atom stereocenters. The molecule has 0 radical (unpaired) electrons. The predicted molar refractivity (Wildman–Crippen MR) is 75.0 cm³/mol. The SMILES string of the molecule is O=C(O)c1cccnc1SCc1cc(-c2ccco2)on1. The van der Waals surface area contributed by atoms with Crippen molar-refractivity contribution in [2.24, 2.45) is 0 Å². The van der Waals surface area contributed by atoms with Gasteiger partial charge in [-0.1, -0.05) is 16.9 Å². The third kappa shape index (κ3) is 2.97. The molecule has 21 heavy (non-hydrogen) atoms. The fourth-order valence-corrected chi connectivity index (χ4v) is 2.59. The van der Waals surface area contributed by atoms with E-state index in [2.05, 4.69) is 10.1 Å². The first kappa shape index (κ1) is 13.4. The van der Waals surface area contributed by atoms with Gasteiger partial charge in [0.15, 0.2) is 5.76 Å². The van der Waals surface area contributed by atoms with Gasteiger partial charge in [-0.2, -0.15) is 0 Å².